The monoisotopic (exact) mass is 199 g/mol. The SMILES string of the molecule is OCC(O)(C1CCNC1)C(F)(F)F. The van der Waals surface area contributed by atoms with Crippen molar-refractivity contribution in [1.29, 1.82) is 0 Å². The highest BCUT2D eigenvalue weighted by molar-refractivity contribution is 4.96. The lowest BCUT2D eigenvalue weighted by molar-refractivity contribution is -0.288. The average molecular weight is 199 g/mol. The quantitative estimate of drug-likeness (QED) is 0.581. The highest BCUT2D eigenvalue weighted by atomic mass is 19.4. The summed E-state index contributed by atoms with van der Waals surface area (Å²) in [5, 5.41) is 20.5. The molecule has 1 aliphatic rings. The first-order chi connectivity index (χ1) is 5.92. The third-order valence-electron chi connectivity index (χ3n) is 2.47. The maximum Gasteiger partial charge on any atom is 0.419 e. The van der Waals surface area contributed by atoms with Crippen LogP contribution in [0.15, 0.2) is 0 Å². The molecule has 0 spiro atoms. The van der Waals surface area contributed by atoms with Crippen LogP contribution in [0.5, 0.6) is 0 Å². The molecular weight excluding hydrogens is 187 g/mol. The van der Waals surface area contributed by atoms with Gasteiger partial charge in [0.05, 0.1) is 6.61 Å². The fraction of sp³-hybridized carbons (Fsp3) is 1.00. The average Bonchev–Trinajstić information content (AvgIpc) is 2.52. The van der Waals surface area contributed by atoms with Crippen LogP contribution in [0.2, 0.25) is 0 Å². The Labute approximate surface area is 73.6 Å². The first kappa shape index (κ1) is 10.7. The van der Waals surface area contributed by atoms with E-state index >= 15 is 0 Å². The van der Waals surface area contributed by atoms with Crippen LogP contribution in [0, 0.1) is 5.92 Å². The predicted molar refractivity (Wildman–Crippen MR) is 39.1 cm³/mol. The molecule has 13 heavy (non-hydrogen) atoms. The van der Waals surface area contributed by atoms with Crippen molar-refractivity contribution in [3.8, 4) is 0 Å². The number of aliphatic hydroxyl groups excluding tert-OH is 1. The van der Waals surface area contributed by atoms with Gasteiger partial charge in [0.25, 0.3) is 0 Å². The van der Waals surface area contributed by atoms with Crippen LogP contribution in [0.4, 0.5) is 13.2 Å². The van der Waals surface area contributed by atoms with Gasteiger partial charge in [-0.05, 0) is 13.0 Å². The number of aliphatic hydroxyl groups is 2. The Kier molecular flexibility index (Phi) is 2.84. The van der Waals surface area contributed by atoms with Crippen LogP contribution in [0.25, 0.3) is 0 Å². The number of halogens is 3. The van der Waals surface area contributed by atoms with Gasteiger partial charge in [0, 0.05) is 12.5 Å². The Bertz CT molecular complexity index is 179. The normalized spacial score (nSPS) is 28.8. The minimum absolute atomic E-state index is 0.0938. The van der Waals surface area contributed by atoms with E-state index in [4.69, 9.17) is 5.11 Å². The molecule has 0 aliphatic carbocycles. The van der Waals surface area contributed by atoms with Gasteiger partial charge in [0.15, 0.2) is 5.60 Å². The first-order valence-electron chi connectivity index (χ1n) is 4.02. The standard InChI is InChI=1S/C7H12F3NO2/c8-7(9,10)6(13,4-12)5-1-2-11-3-5/h5,11-13H,1-4H2. The van der Waals surface area contributed by atoms with Crippen molar-refractivity contribution in [3.05, 3.63) is 0 Å². The fourth-order valence-corrected chi connectivity index (χ4v) is 1.51. The van der Waals surface area contributed by atoms with Gasteiger partial charge in [0.2, 0.25) is 0 Å². The zero-order valence-corrected chi connectivity index (χ0v) is 6.93. The van der Waals surface area contributed by atoms with E-state index < -0.39 is 24.3 Å². The largest absolute Gasteiger partial charge is 0.419 e. The second-order valence-corrected chi connectivity index (χ2v) is 3.27. The second-order valence-electron chi connectivity index (χ2n) is 3.27. The molecule has 2 unspecified atom stereocenters. The fourth-order valence-electron chi connectivity index (χ4n) is 1.51. The van der Waals surface area contributed by atoms with E-state index in [0.29, 0.717) is 6.54 Å². The summed E-state index contributed by atoms with van der Waals surface area (Å²) in [6.45, 7) is -0.734. The Balaban J connectivity index is 2.79. The van der Waals surface area contributed by atoms with Crippen LogP contribution in [-0.2, 0) is 0 Å². The maximum atomic E-state index is 12.3. The molecule has 3 N–H and O–H groups in total. The van der Waals surface area contributed by atoms with Crippen LogP contribution >= 0.6 is 0 Å². The molecule has 6 heteroatoms. The van der Waals surface area contributed by atoms with E-state index in [1.54, 1.807) is 0 Å². The van der Waals surface area contributed by atoms with Gasteiger partial charge in [-0.25, -0.2) is 0 Å². The Morgan fingerprint density at radius 1 is 1.38 bits per heavy atom. The highest BCUT2D eigenvalue weighted by Crippen LogP contribution is 2.38. The van der Waals surface area contributed by atoms with Crippen molar-refractivity contribution in [1.82, 2.24) is 5.32 Å². The van der Waals surface area contributed by atoms with Crippen LogP contribution < -0.4 is 5.32 Å². The molecule has 1 fully saturated rings. The second kappa shape index (κ2) is 3.43. The molecule has 2 atom stereocenters. The summed E-state index contributed by atoms with van der Waals surface area (Å²) in [5.74, 6) is -0.947. The highest BCUT2D eigenvalue weighted by Gasteiger charge is 2.58. The summed E-state index contributed by atoms with van der Waals surface area (Å²) >= 11 is 0. The smallest absolute Gasteiger partial charge is 0.393 e. The zero-order chi connectivity index (χ0) is 10.1. The van der Waals surface area contributed by atoms with Gasteiger partial charge in [-0.1, -0.05) is 0 Å². The summed E-state index contributed by atoms with van der Waals surface area (Å²) in [4.78, 5) is 0. The summed E-state index contributed by atoms with van der Waals surface area (Å²) < 4.78 is 37.0. The van der Waals surface area contributed by atoms with Crippen LogP contribution in [0.1, 0.15) is 6.42 Å². The third kappa shape index (κ3) is 1.79. The van der Waals surface area contributed by atoms with E-state index in [9.17, 15) is 18.3 Å². The van der Waals surface area contributed by atoms with Crippen molar-refractivity contribution < 1.29 is 23.4 Å². The summed E-state index contributed by atoms with van der Waals surface area (Å²) in [6.07, 6.45) is -4.53. The molecule has 1 saturated heterocycles. The molecule has 0 aromatic rings. The molecule has 1 heterocycles. The van der Waals surface area contributed by atoms with Crippen molar-refractivity contribution >= 4 is 0 Å². The molecule has 1 rings (SSSR count). The molecule has 0 amide bonds. The number of nitrogens with one attached hydrogen (secondary N) is 1. The summed E-state index contributed by atoms with van der Waals surface area (Å²) in [7, 11) is 0. The molecular formula is C7H12F3NO2. The summed E-state index contributed by atoms with van der Waals surface area (Å²) in [5.41, 5.74) is -2.95. The molecule has 0 aromatic heterocycles. The number of hydrogen-bond donors (Lipinski definition) is 3. The lowest BCUT2D eigenvalue weighted by atomic mass is 9.87. The number of hydrogen-bond acceptors (Lipinski definition) is 3. The Hall–Kier alpha value is -0.330. The molecule has 0 bridgehead atoms. The Morgan fingerprint density at radius 3 is 2.31 bits per heavy atom. The van der Waals surface area contributed by atoms with Gasteiger partial charge in [-0.2, -0.15) is 13.2 Å². The van der Waals surface area contributed by atoms with E-state index in [1.807, 2.05) is 0 Å². The van der Waals surface area contributed by atoms with Gasteiger partial charge < -0.3 is 15.5 Å². The molecule has 78 valence electrons. The van der Waals surface area contributed by atoms with Crippen molar-refractivity contribution in [2.45, 2.75) is 18.2 Å². The molecule has 3 nitrogen and oxygen atoms in total. The predicted octanol–water partition coefficient (Wildman–Crippen LogP) is -0.118. The lowest BCUT2D eigenvalue weighted by Gasteiger charge is -2.33. The van der Waals surface area contributed by atoms with E-state index in [-0.39, 0.29) is 13.0 Å². The van der Waals surface area contributed by atoms with E-state index in [1.165, 1.54) is 0 Å². The van der Waals surface area contributed by atoms with Gasteiger partial charge in [-0.3, -0.25) is 0 Å². The molecule has 0 saturated carbocycles. The van der Waals surface area contributed by atoms with Gasteiger partial charge >= 0.3 is 6.18 Å². The number of alkyl halides is 3. The van der Waals surface area contributed by atoms with Gasteiger partial charge in [0.1, 0.15) is 0 Å². The van der Waals surface area contributed by atoms with Gasteiger partial charge in [-0.15, -0.1) is 0 Å². The van der Waals surface area contributed by atoms with Crippen LogP contribution in [0.3, 0.4) is 0 Å². The van der Waals surface area contributed by atoms with E-state index in [0.717, 1.165) is 0 Å². The minimum atomic E-state index is -4.77. The minimum Gasteiger partial charge on any atom is -0.393 e. The van der Waals surface area contributed by atoms with Crippen molar-refractivity contribution in [3.63, 3.8) is 0 Å². The van der Waals surface area contributed by atoms with Crippen molar-refractivity contribution in [2.24, 2.45) is 5.92 Å². The topological polar surface area (TPSA) is 52.5 Å². The molecule has 0 aromatic carbocycles. The molecule has 1 aliphatic heterocycles. The molecule has 0 radical (unpaired) electrons. The lowest BCUT2D eigenvalue weighted by Crippen LogP contribution is -2.54. The summed E-state index contributed by atoms with van der Waals surface area (Å²) in [6, 6.07) is 0. The van der Waals surface area contributed by atoms with Crippen LogP contribution in [-0.4, -0.2) is 41.7 Å². The Morgan fingerprint density at radius 2 is 2.00 bits per heavy atom. The first-order valence-corrected chi connectivity index (χ1v) is 4.02. The maximum absolute atomic E-state index is 12.3. The van der Waals surface area contributed by atoms with Crippen molar-refractivity contribution in [2.75, 3.05) is 19.7 Å². The third-order valence-corrected chi connectivity index (χ3v) is 2.47. The number of rotatable bonds is 2. The zero-order valence-electron chi connectivity index (χ0n) is 6.93. The van der Waals surface area contributed by atoms with E-state index in [2.05, 4.69) is 5.32 Å².